The van der Waals surface area contributed by atoms with Gasteiger partial charge >= 0.3 is 18.0 Å². The van der Waals surface area contributed by atoms with Crippen LogP contribution in [0.15, 0.2) is 41.6 Å². The molecule has 0 amide bonds. The Labute approximate surface area is 192 Å². The van der Waals surface area contributed by atoms with Crippen LogP contribution in [0.4, 0.5) is 37.7 Å². The van der Waals surface area contributed by atoms with Gasteiger partial charge in [0.05, 0.1) is 34.9 Å². The number of benzene rings is 2. The van der Waals surface area contributed by atoms with Crippen molar-refractivity contribution in [3.63, 3.8) is 0 Å². The van der Waals surface area contributed by atoms with E-state index in [1.54, 1.807) is 0 Å². The van der Waals surface area contributed by atoms with Crippen LogP contribution in [0, 0.1) is 21.4 Å². The Hall–Kier alpha value is -4.06. The molecule has 1 aliphatic rings. The van der Waals surface area contributed by atoms with E-state index in [-0.39, 0.29) is 11.3 Å². The predicted molar refractivity (Wildman–Crippen MR) is 106 cm³/mol. The highest BCUT2D eigenvalue weighted by Crippen LogP contribution is 2.39. The quantitative estimate of drug-likeness (QED) is 0.203. The summed E-state index contributed by atoms with van der Waals surface area (Å²) in [5, 5.41) is 31.5. The zero-order chi connectivity index (χ0) is 26.0. The van der Waals surface area contributed by atoms with Crippen LogP contribution in [0.25, 0.3) is 0 Å². The van der Waals surface area contributed by atoms with Crippen molar-refractivity contribution in [3.8, 4) is 11.8 Å². The summed E-state index contributed by atoms with van der Waals surface area (Å²) < 4.78 is 90.9. The molecular weight excluding hydrogens is 490 g/mol. The van der Waals surface area contributed by atoms with Gasteiger partial charge in [0.1, 0.15) is 12.7 Å². The number of rotatable bonds is 6. The maximum atomic E-state index is 13.6. The summed E-state index contributed by atoms with van der Waals surface area (Å²) in [4.78, 5) is 11.0. The SMILES string of the molecule is N#Cc1ccc(N2C[C@@H](COc3ccc(/C=N/O)cc3[N+](=O)[O-])O[C@@H]2C(F)(F)F)cc1C(F)(F)F. The first kappa shape index (κ1) is 25.6. The van der Waals surface area contributed by atoms with Crippen molar-refractivity contribution in [2.45, 2.75) is 24.7 Å². The minimum atomic E-state index is -5.00. The van der Waals surface area contributed by atoms with E-state index in [0.29, 0.717) is 11.0 Å². The number of oxime groups is 1. The summed E-state index contributed by atoms with van der Waals surface area (Å²) in [7, 11) is 0. The van der Waals surface area contributed by atoms with Crippen molar-refractivity contribution in [2.75, 3.05) is 18.1 Å². The maximum absolute atomic E-state index is 13.6. The Kier molecular flexibility index (Phi) is 7.06. The third kappa shape index (κ3) is 5.72. The molecule has 1 N–H and O–H groups in total. The molecule has 0 saturated carbocycles. The molecule has 1 heterocycles. The van der Waals surface area contributed by atoms with Crippen molar-refractivity contribution in [1.82, 2.24) is 0 Å². The van der Waals surface area contributed by atoms with Gasteiger partial charge in [-0.25, -0.2) is 0 Å². The first-order valence-electron chi connectivity index (χ1n) is 9.54. The normalized spacial score (nSPS) is 18.6. The zero-order valence-corrected chi connectivity index (χ0v) is 17.2. The zero-order valence-electron chi connectivity index (χ0n) is 17.2. The minimum absolute atomic E-state index is 0.147. The van der Waals surface area contributed by atoms with Gasteiger partial charge in [0.15, 0.2) is 5.75 Å². The highest BCUT2D eigenvalue weighted by atomic mass is 19.4. The van der Waals surface area contributed by atoms with Gasteiger partial charge in [-0.1, -0.05) is 5.16 Å². The number of ether oxygens (including phenoxy) is 2. The average molecular weight is 504 g/mol. The molecule has 1 saturated heterocycles. The third-order valence-corrected chi connectivity index (χ3v) is 4.86. The fourth-order valence-electron chi connectivity index (χ4n) is 3.37. The Morgan fingerprint density at radius 2 is 1.97 bits per heavy atom. The van der Waals surface area contributed by atoms with Crippen LogP contribution < -0.4 is 9.64 Å². The number of hydrogen-bond acceptors (Lipinski definition) is 8. The van der Waals surface area contributed by atoms with Crippen molar-refractivity contribution >= 4 is 17.6 Å². The number of hydrogen-bond donors (Lipinski definition) is 1. The van der Waals surface area contributed by atoms with Gasteiger partial charge in [-0.2, -0.15) is 31.6 Å². The molecule has 186 valence electrons. The smallest absolute Gasteiger partial charge is 0.433 e. The summed E-state index contributed by atoms with van der Waals surface area (Å²) in [6, 6.07) is 6.90. The van der Waals surface area contributed by atoms with Gasteiger partial charge in [-0.3, -0.25) is 10.1 Å². The largest absolute Gasteiger partial charge is 0.484 e. The molecule has 0 aliphatic carbocycles. The van der Waals surface area contributed by atoms with Crippen LogP contribution in [-0.2, 0) is 10.9 Å². The van der Waals surface area contributed by atoms with Gasteiger partial charge in [0.2, 0.25) is 6.23 Å². The van der Waals surface area contributed by atoms with Crippen molar-refractivity contribution < 1.29 is 45.9 Å². The van der Waals surface area contributed by atoms with E-state index in [0.717, 1.165) is 30.5 Å². The van der Waals surface area contributed by atoms with E-state index in [4.69, 9.17) is 19.9 Å². The molecule has 15 heteroatoms. The molecule has 1 aliphatic heterocycles. The lowest BCUT2D eigenvalue weighted by Gasteiger charge is -2.27. The van der Waals surface area contributed by atoms with Crippen LogP contribution >= 0.6 is 0 Å². The molecule has 1 fully saturated rings. The Balaban J connectivity index is 1.86. The van der Waals surface area contributed by atoms with Crippen molar-refractivity contribution in [3.05, 3.63) is 63.2 Å². The number of anilines is 1. The highest BCUT2D eigenvalue weighted by molar-refractivity contribution is 5.81. The lowest BCUT2D eigenvalue weighted by molar-refractivity contribution is -0.386. The van der Waals surface area contributed by atoms with Gasteiger partial charge in [0, 0.05) is 17.3 Å². The molecule has 9 nitrogen and oxygen atoms in total. The standard InChI is InChI=1S/C20H14F6N4O5/c21-19(22,23)15-6-13(3-2-12(15)7-27)29-9-14(35-18(29)20(24,25)26)10-34-17-4-1-11(8-28-31)5-16(17)30(32)33/h1-6,8,14,18,31H,9-10H2/b28-8+/t14-,18+/m0/s1. The Morgan fingerprint density at radius 1 is 1.26 bits per heavy atom. The summed E-state index contributed by atoms with van der Waals surface area (Å²) in [6.07, 6.45) is -13.0. The number of nitriles is 1. The highest BCUT2D eigenvalue weighted by Gasteiger charge is 2.51. The molecule has 0 aromatic heterocycles. The van der Waals surface area contributed by atoms with E-state index in [9.17, 15) is 36.5 Å². The maximum Gasteiger partial charge on any atom is 0.433 e. The number of nitrogens with zero attached hydrogens (tertiary/aromatic N) is 4. The third-order valence-electron chi connectivity index (χ3n) is 4.86. The fourth-order valence-corrected chi connectivity index (χ4v) is 3.37. The second-order valence-corrected chi connectivity index (χ2v) is 7.18. The van der Waals surface area contributed by atoms with E-state index < -0.39 is 65.3 Å². The molecule has 0 unspecified atom stereocenters. The second-order valence-electron chi connectivity index (χ2n) is 7.18. The number of alkyl halides is 6. The molecule has 35 heavy (non-hydrogen) atoms. The van der Waals surface area contributed by atoms with E-state index in [1.165, 1.54) is 12.1 Å². The molecule has 2 aromatic rings. The average Bonchev–Trinajstić information content (AvgIpc) is 3.22. The van der Waals surface area contributed by atoms with Crippen molar-refractivity contribution in [1.29, 1.82) is 5.26 Å². The molecular formula is C20H14F6N4O5. The number of halogens is 6. The molecule has 0 spiro atoms. The van der Waals surface area contributed by atoms with Crippen LogP contribution in [0.3, 0.4) is 0 Å². The molecule has 2 aromatic carbocycles. The number of nitro benzene ring substituents is 1. The van der Waals surface area contributed by atoms with E-state index in [2.05, 4.69) is 5.16 Å². The Morgan fingerprint density at radius 3 is 2.54 bits per heavy atom. The fraction of sp³-hybridized carbons (Fsp3) is 0.300. The lowest BCUT2D eigenvalue weighted by Crippen LogP contribution is -2.42. The summed E-state index contributed by atoms with van der Waals surface area (Å²) >= 11 is 0. The molecule has 3 rings (SSSR count). The van der Waals surface area contributed by atoms with Gasteiger partial charge < -0.3 is 19.6 Å². The predicted octanol–water partition coefficient (Wildman–Crippen LogP) is 4.47. The topological polar surface area (TPSA) is 121 Å². The van der Waals surface area contributed by atoms with E-state index in [1.807, 2.05) is 0 Å². The van der Waals surface area contributed by atoms with Crippen LogP contribution in [0.2, 0.25) is 0 Å². The van der Waals surface area contributed by atoms with Crippen LogP contribution in [0.1, 0.15) is 16.7 Å². The molecule has 2 atom stereocenters. The lowest BCUT2D eigenvalue weighted by atomic mass is 10.1. The van der Waals surface area contributed by atoms with E-state index >= 15 is 0 Å². The van der Waals surface area contributed by atoms with Crippen LogP contribution in [-0.4, -0.2) is 48.0 Å². The van der Waals surface area contributed by atoms with Crippen LogP contribution in [0.5, 0.6) is 5.75 Å². The minimum Gasteiger partial charge on any atom is -0.484 e. The van der Waals surface area contributed by atoms with Gasteiger partial charge in [-0.05, 0) is 30.3 Å². The van der Waals surface area contributed by atoms with Gasteiger partial charge in [-0.15, -0.1) is 0 Å². The molecule has 0 radical (unpaired) electrons. The summed E-state index contributed by atoms with van der Waals surface area (Å²) in [6.45, 7) is -1.16. The first-order chi connectivity index (χ1) is 16.3. The first-order valence-corrected chi connectivity index (χ1v) is 9.54. The second kappa shape index (κ2) is 9.66. The monoisotopic (exact) mass is 504 g/mol. The van der Waals surface area contributed by atoms with Crippen molar-refractivity contribution in [2.24, 2.45) is 5.16 Å². The van der Waals surface area contributed by atoms with Gasteiger partial charge in [0.25, 0.3) is 0 Å². The summed E-state index contributed by atoms with van der Waals surface area (Å²) in [5.74, 6) is -0.312. The Bertz CT molecular complexity index is 1180. The molecule has 0 bridgehead atoms. The number of nitro groups is 1. The summed E-state index contributed by atoms with van der Waals surface area (Å²) in [5.41, 5.74) is -3.06.